The van der Waals surface area contributed by atoms with Crippen LogP contribution in [0.15, 0.2) is 46.9 Å². The normalized spacial score (nSPS) is 25.7. The van der Waals surface area contributed by atoms with Gasteiger partial charge in [-0.1, -0.05) is 30.4 Å². The van der Waals surface area contributed by atoms with E-state index in [0.29, 0.717) is 37.3 Å². The molecule has 0 unspecified atom stereocenters. The Morgan fingerprint density at radius 3 is 2.31 bits per heavy atom. The van der Waals surface area contributed by atoms with Crippen LogP contribution in [0.1, 0.15) is 23.4 Å². The molecule has 0 saturated carbocycles. The first kappa shape index (κ1) is 15.4. The minimum Gasteiger partial charge on any atom is -0.451 e. The van der Waals surface area contributed by atoms with Gasteiger partial charge in [0.15, 0.2) is 5.76 Å². The van der Waals surface area contributed by atoms with Gasteiger partial charge in [-0.15, -0.1) is 0 Å². The molecule has 132 valence electrons. The van der Waals surface area contributed by atoms with Crippen LogP contribution in [0.25, 0.3) is 11.0 Å². The van der Waals surface area contributed by atoms with Crippen LogP contribution >= 0.6 is 0 Å². The molecule has 0 N–H and O–H groups in total. The summed E-state index contributed by atoms with van der Waals surface area (Å²) in [7, 11) is 0. The largest absolute Gasteiger partial charge is 0.451 e. The van der Waals surface area contributed by atoms with Crippen LogP contribution in [0.3, 0.4) is 0 Å². The second kappa shape index (κ2) is 5.56. The maximum absolute atomic E-state index is 12.6. The monoisotopic (exact) mass is 350 g/mol. The zero-order valence-corrected chi connectivity index (χ0v) is 14.1. The Morgan fingerprint density at radius 1 is 1.00 bits per heavy atom. The van der Waals surface area contributed by atoms with E-state index in [-0.39, 0.29) is 35.6 Å². The molecule has 5 rings (SSSR count). The summed E-state index contributed by atoms with van der Waals surface area (Å²) in [5.41, 5.74) is 0.675. The number of nitrogens with zero attached hydrogens (tertiary/aromatic N) is 2. The smallest absolute Gasteiger partial charge is 0.289 e. The molecule has 3 aliphatic rings. The number of likely N-dealkylation sites (tertiary alicyclic amines) is 2. The van der Waals surface area contributed by atoms with Gasteiger partial charge in [-0.25, -0.2) is 0 Å². The van der Waals surface area contributed by atoms with Crippen molar-refractivity contribution in [3.8, 4) is 0 Å². The SMILES string of the molecule is O=C(c1cc2ccccc2o1)N1CC(N2C(=O)[C@H]3CC=CC[C@H]3C2=O)C1. The Labute approximate surface area is 150 Å². The number of imide groups is 1. The van der Waals surface area contributed by atoms with E-state index in [1.54, 1.807) is 11.0 Å². The Morgan fingerprint density at radius 2 is 1.65 bits per heavy atom. The molecule has 2 saturated heterocycles. The van der Waals surface area contributed by atoms with Crippen molar-refractivity contribution >= 4 is 28.7 Å². The summed E-state index contributed by atoms with van der Waals surface area (Å²) in [6, 6.07) is 8.99. The third kappa shape index (κ3) is 2.14. The number of para-hydroxylation sites is 1. The third-order valence-electron chi connectivity index (χ3n) is 5.69. The number of allylic oxidation sites excluding steroid dienone is 2. The number of carbonyl (C=O) groups excluding carboxylic acids is 3. The maximum Gasteiger partial charge on any atom is 0.289 e. The van der Waals surface area contributed by atoms with E-state index >= 15 is 0 Å². The zero-order chi connectivity index (χ0) is 17.8. The molecule has 26 heavy (non-hydrogen) atoms. The standard InChI is InChI=1S/C20H18N2O4/c23-18-14-6-2-3-7-15(14)19(24)22(18)13-10-21(11-13)20(25)17-9-12-5-1-4-8-16(12)26-17/h1-5,8-9,13-15H,6-7,10-11H2/t14-,15+. The van der Waals surface area contributed by atoms with E-state index in [0.717, 1.165) is 5.39 Å². The Balaban J connectivity index is 1.29. The molecule has 0 bridgehead atoms. The summed E-state index contributed by atoms with van der Waals surface area (Å²) < 4.78 is 5.62. The first-order chi connectivity index (χ1) is 12.6. The average Bonchev–Trinajstić information content (AvgIpc) is 3.16. The van der Waals surface area contributed by atoms with E-state index in [9.17, 15) is 14.4 Å². The van der Waals surface area contributed by atoms with E-state index in [4.69, 9.17) is 4.42 Å². The molecule has 2 atom stereocenters. The van der Waals surface area contributed by atoms with Crippen LogP contribution in [0.2, 0.25) is 0 Å². The molecule has 1 aliphatic carbocycles. The highest BCUT2D eigenvalue weighted by atomic mass is 16.3. The predicted molar refractivity (Wildman–Crippen MR) is 93.1 cm³/mol. The molecular formula is C20H18N2O4. The van der Waals surface area contributed by atoms with Gasteiger partial charge >= 0.3 is 0 Å². The topological polar surface area (TPSA) is 70.8 Å². The number of hydrogen-bond donors (Lipinski definition) is 0. The number of amides is 3. The molecule has 1 aromatic heterocycles. The second-order valence-electron chi connectivity index (χ2n) is 7.21. The number of rotatable bonds is 2. The highest BCUT2D eigenvalue weighted by Crippen LogP contribution is 2.37. The first-order valence-electron chi connectivity index (χ1n) is 8.93. The minimum atomic E-state index is -0.215. The van der Waals surface area contributed by atoms with Crippen LogP contribution in [0, 0.1) is 11.8 Å². The van der Waals surface area contributed by atoms with Gasteiger partial charge in [-0.05, 0) is 25.0 Å². The van der Waals surface area contributed by atoms with Crippen LogP contribution in [-0.4, -0.2) is 46.7 Å². The average molecular weight is 350 g/mol. The lowest BCUT2D eigenvalue weighted by Crippen LogP contribution is -2.62. The lowest BCUT2D eigenvalue weighted by molar-refractivity contribution is -0.145. The van der Waals surface area contributed by atoms with E-state index in [1.165, 1.54) is 4.90 Å². The van der Waals surface area contributed by atoms with E-state index in [1.807, 2.05) is 36.4 Å². The molecule has 3 heterocycles. The molecule has 6 nitrogen and oxygen atoms in total. The van der Waals surface area contributed by atoms with Crippen LogP contribution in [-0.2, 0) is 9.59 Å². The zero-order valence-electron chi connectivity index (χ0n) is 14.1. The van der Waals surface area contributed by atoms with Crippen LogP contribution < -0.4 is 0 Å². The van der Waals surface area contributed by atoms with Crippen molar-refractivity contribution in [2.24, 2.45) is 11.8 Å². The van der Waals surface area contributed by atoms with Crippen molar-refractivity contribution in [1.82, 2.24) is 9.80 Å². The summed E-state index contributed by atoms with van der Waals surface area (Å²) in [5.74, 6) is -0.493. The molecular weight excluding hydrogens is 332 g/mol. The first-order valence-corrected chi connectivity index (χ1v) is 8.93. The Hall–Kier alpha value is -2.89. The van der Waals surface area contributed by atoms with Gasteiger partial charge in [0, 0.05) is 18.5 Å². The number of hydrogen-bond acceptors (Lipinski definition) is 4. The number of carbonyl (C=O) groups is 3. The summed E-state index contributed by atoms with van der Waals surface area (Å²) in [6.07, 6.45) is 5.24. The van der Waals surface area contributed by atoms with Gasteiger partial charge in [-0.3, -0.25) is 19.3 Å². The number of benzene rings is 1. The molecule has 2 aliphatic heterocycles. The quantitative estimate of drug-likeness (QED) is 0.615. The van der Waals surface area contributed by atoms with Crippen molar-refractivity contribution < 1.29 is 18.8 Å². The fraction of sp³-hybridized carbons (Fsp3) is 0.350. The molecule has 3 amide bonds. The number of furan rings is 1. The fourth-order valence-electron chi connectivity index (χ4n) is 4.21. The summed E-state index contributed by atoms with van der Waals surface area (Å²) >= 11 is 0. The highest BCUT2D eigenvalue weighted by Gasteiger charge is 2.52. The molecule has 2 fully saturated rings. The molecule has 1 aromatic carbocycles. The highest BCUT2D eigenvalue weighted by molar-refractivity contribution is 6.06. The molecule has 0 radical (unpaired) electrons. The Bertz CT molecular complexity index is 895. The summed E-state index contributed by atoms with van der Waals surface area (Å²) in [4.78, 5) is 40.8. The lowest BCUT2D eigenvalue weighted by Gasteiger charge is -2.42. The summed E-state index contributed by atoms with van der Waals surface area (Å²) in [6.45, 7) is 0.750. The van der Waals surface area contributed by atoms with Crippen molar-refractivity contribution in [2.75, 3.05) is 13.1 Å². The van der Waals surface area contributed by atoms with Gasteiger partial charge < -0.3 is 9.32 Å². The second-order valence-corrected chi connectivity index (χ2v) is 7.21. The lowest BCUT2D eigenvalue weighted by atomic mass is 9.85. The number of fused-ring (bicyclic) bond motifs is 2. The van der Waals surface area contributed by atoms with Gasteiger partial charge in [0.1, 0.15) is 5.58 Å². The van der Waals surface area contributed by atoms with Gasteiger partial charge in [0.05, 0.1) is 17.9 Å². The van der Waals surface area contributed by atoms with Gasteiger partial charge in [-0.2, -0.15) is 0 Å². The van der Waals surface area contributed by atoms with Crippen molar-refractivity contribution in [3.63, 3.8) is 0 Å². The van der Waals surface area contributed by atoms with Crippen molar-refractivity contribution in [1.29, 1.82) is 0 Å². The van der Waals surface area contributed by atoms with Crippen molar-refractivity contribution in [3.05, 3.63) is 48.2 Å². The molecule has 2 aromatic rings. The molecule has 6 heteroatoms. The van der Waals surface area contributed by atoms with Crippen LogP contribution in [0.5, 0.6) is 0 Å². The molecule has 0 spiro atoms. The van der Waals surface area contributed by atoms with E-state index in [2.05, 4.69) is 0 Å². The summed E-state index contributed by atoms with van der Waals surface area (Å²) in [5, 5.41) is 0.884. The predicted octanol–water partition coefficient (Wildman–Crippen LogP) is 2.21. The van der Waals surface area contributed by atoms with Crippen molar-refractivity contribution in [2.45, 2.75) is 18.9 Å². The van der Waals surface area contributed by atoms with E-state index < -0.39 is 0 Å². The van der Waals surface area contributed by atoms with Gasteiger partial charge in [0.2, 0.25) is 11.8 Å². The maximum atomic E-state index is 12.6. The third-order valence-corrected chi connectivity index (χ3v) is 5.69. The van der Waals surface area contributed by atoms with Gasteiger partial charge in [0.25, 0.3) is 5.91 Å². The Kier molecular flexibility index (Phi) is 3.29. The van der Waals surface area contributed by atoms with Crippen LogP contribution in [0.4, 0.5) is 0 Å². The fourth-order valence-corrected chi connectivity index (χ4v) is 4.21. The minimum absolute atomic E-state index is 0.0785.